The summed E-state index contributed by atoms with van der Waals surface area (Å²) in [5, 5.41) is 0.199. The molecule has 7 heavy (non-hydrogen) atoms. The van der Waals surface area contributed by atoms with E-state index in [0.29, 0.717) is 0 Å². The first-order valence-electron chi connectivity index (χ1n) is 2.45. The maximum atomic E-state index is 5.66. The van der Waals surface area contributed by atoms with Gasteiger partial charge in [0, 0.05) is 0 Å². The largest absolute Gasteiger partial charge is 0.119 e. The molecule has 0 nitrogen and oxygen atoms in total. The van der Waals surface area contributed by atoms with Crippen LogP contribution in [0.15, 0.2) is 11.6 Å². The Balaban J connectivity index is 3.56. The summed E-state index contributed by atoms with van der Waals surface area (Å²) < 4.78 is 0. The van der Waals surface area contributed by atoms with Gasteiger partial charge in [0.05, 0.1) is 5.38 Å². The van der Waals surface area contributed by atoms with E-state index in [4.69, 9.17) is 11.6 Å². The highest BCUT2D eigenvalue weighted by Gasteiger charge is 1.93. The zero-order valence-corrected chi connectivity index (χ0v) is 5.79. The molecule has 0 fully saturated rings. The molecule has 0 rings (SSSR count). The maximum Gasteiger partial charge on any atom is 0.0514 e. The molecule has 0 saturated heterocycles. The normalized spacial score (nSPS) is 16.9. The van der Waals surface area contributed by atoms with E-state index in [-0.39, 0.29) is 5.38 Å². The molecule has 1 atom stereocenters. The molecule has 0 aromatic heterocycles. The Bertz CT molecular complexity index is 72.2. The summed E-state index contributed by atoms with van der Waals surface area (Å²) in [6.45, 7) is 5.99. The fourth-order valence-corrected chi connectivity index (χ4v) is 0.356. The van der Waals surface area contributed by atoms with E-state index in [1.807, 2.05) is 26.8 Å². The molecule has 0 spiro atoms. The molecule has 0 heterocycles. The van der Waals surface area contributed by atoms with Gasteiger partial charge in [0.1, 0.15) is 0 Å². The van der Waals surface area contributed by atoms with Crippen LogP contribution in [0.1, 0.15) is 20.8 Å². The first kappa shape index (κ1) is 7.03. The number of halogens is 1. The predicted octanol–water partition coefficient (Wildman–Crippen LogP) is 2.58. The van der Waals surface area contributed by atoms with Crippen molar-refractivity contribution >= 4 is 11.6 Å². The van der Waals surface area contributed by atoms with Crippen LogP contribution in [0.4, 0.5) is 0 Å². The van der Waals surface area contributed by atoms with Crippen molar-refractivity contribution in [2.75, 3.05) is 0 Å². The van der Waals surface area contributed by atoms with Crippen LogP contribution in [-0.4, -0.2) is 5.38 Å². The molecular formula is C6H11Cl. The van der Waals surface area contributed by atoms with E-state index >= 15 is 0 Å². The van der Waals surface area contributed by atoms with Gasteiger partial charge in [-0.05, 0) is 20.8 Å². The first-order chi connectivity index (χ1) is 3.18. The number of hydrogen-bond donors (Lipinski definition) is 0. The van der Waals surface area contributed by atoms with Gasteiger partial charge in [-0.3, -0.25) is 0 Å². The van der Waals surface area contributed by atoms with Crippen LogP contribution in [0.3, 0.4) is 0 Å². The van der Waals surface area contributed by atoms with Gasteiger partial charge in [-0.1, -0.05) is 11.6 Å². The van der Waals surface area contributed by atoms with E-state index in [0.717, 1.165) is 0 Å². The second kappa shape index (κ2) is 3.09. The molecule has 0 aliphatic rings. The summed E-state index contributed by atoms with van der Waals surface area (Å²) in [7, 11) is 0. The molecule has 0 radical (unpaired) electrons. The molecule has 0 amide bonds. The van der Waals surface area contributed by atoms with Crippen molar-refractivity contribution < 1.29 is 0 Å². The molecule has 0 aliphatic heterocycles. The van der Waals surface area contributed by atoms with Crippen LogP contribution in [-0.2, 0) is 0 Å². The average Bonchev–Trinajstić information content (AvgIpc) is 1.65. The van der Waals surface area contributed by atoms with Gasteiger partial charge in [-0.15, -0.1) is 11.6 Å². The maximum absolute atomic E-state index is 5.66. The molecule has 0 aliphatic carbocycles. The summed E-state index contributed by atoms with van der Waals surface area (Å²) in [4.78, 5) is 0. The number of allylic oxidation sites excluding steroid dienone is 2. The smallest absolute Gasteiger partial charge is 0.0514 e. The fraction of sp³-hybridized carbons (Fsp3) is 0.667. The van der Waals surface area contributed by atoms with E-state index in [2.05, 4.69) is 0 Å². The van der Waals surface area contributed by atoms with Crippen molar-refractivity contribution in [1.29, 1.82) is 0 Å². The first-order valence-corrected chi connectivity index (χ1v) is 2.89. The monoisotopic (exact) mass is 118 g/mol. The van der Waals surface area contributed by atoms with Gasteiger partial charge in [0.25, 0.3) is 0 Å². The SMILES string of the molecule is C/C=C(/C)C(C)Cl. The van der Waals surface area contributed by atoms with Gasteiger partial charge in [-0.2, -0.15) is 0 Å². The van der Waals surface area contributed by atoms with Crippen LogP contribution in [0.5, 0.6) is 0 Å². The number of hydrogen-bond acceptors (Lipinski definition) is 0. The van der Waals surface area contributed by atoms with E-state index in [1.54, 1.807) is 0 Å². The second-order valence-corrected chi connectivity index (χ2v) is 2.30. The van der Waals surface area contributed by atoms with Gasteiger partial charge in [0.15, 0.2) is 0 Å². The highest BCUT2D eigenvalue weighted by molar-refractivity contribution is 6.22. The van der Waals surface area contributed by atoms with Crippen molar-refractivity contribution in [3.8, 4) is 0 Å². The summed E-state index contributed by atoms with van der Waals surface area (Å²) in [6.07, 6.45) is 2.03. The van der Waals surface area contributed by atoms with Crippen LogP contribution in [0.25, 0.3) is 0 Å². The Morgan fingerprint density at radius 2 is 2.14 bits per heavy atom. The minimum Gasteiger partial charge on any atom is -0.119 e. The Morgan fingerprint density at radius 1 is 1.71 bits per heavy atom. The standard InChI is InChI=1S/C6H11Cl/c1-4-5(2)6(3)7/h4,6H,1-3H3/b5-4-. The second-order valence-electron chi connectivity index (χ2n) is 1.65. The third-order valence-corrected chi connectivity index (χ3v) is 1.43. The fourth-order valence-electron chi connectivity index (χ4n) is 0.230. The molecule has 0 N–H and O–H groups in total. The van der Waals surface area contributed by atoms with Gasteiger partial charge < -0.3 is 0 Å². The van der Waals surface area contributed by atoms with Crippen molar-refractivity contribution in [2.24, 2.45) is 0 Å². The highest BCUT2D eigenvalue weighted by Crippen LogP contribution is 2.05. The van der Waals surface area contributed by atoms with Crippen molar-refractivity contribution in [3.63, 3.8) is 0 Å². The molecule has 42 valence electrons. The lowest BCUT2D eigenvalue weighted by Crippen LogP contribution is -1.89. The van der Waals surface area contributed by atoms with Crippen molar-refractivity contribution in [3.05, 3.63) is 11.6 Å². The van der Waals surface area contributed by atoms with Crippen molar-refractivity contribution in [1.82, 2.24) is 0 Å². The lowest BCUT2D eigenvalue weighted by atomic mass is 10.2. The Kier molecular flexibility index (Phi) is 3.10. The number of rotatable bonds is 1. The van der Waals surface area contributed by atoms with Gasteiger partial charge in [0.2, 0.25) is 0 Å². The average molecular weight is 119 g/mol. The highest BCUT2D eigenvalue weighted by atomic mass is 35.5. The van der Waals surface area contributed by atoms with Crippen LogP contribution in [0.2, 0.25) is 0 Å². The predicted molar refractivity (Wildman–Crippen MR) is 34.7 cm³/mol. The Hall–Kier alpha value is 0.0300. The molecule has 1 heteroatoms. The van der Waals surface area contributed by atoms with Gasteiger partial charge in [-0.25, -0.2) is 0 Å². The quantitative estimate of drug-likeness (QED) is 0.367. The third kappa shape index (κ3) is 2.69. The summed E-state index contributed by atoms with van der Waals surface area (Å²) in [6, 6.07) is 0. The molecular weight excluding hydrogens is 108 g/mol. The van der Waals surface area contributed by atoms with E-state index < -0.39 is 0 Å². The zero-order valence-electron chi connectivity index (χ0n) is 5.03. The molecule has 0 saturated carbocycles. The van der Waals surface area contributed by atoms with Crippen LogP contribution < -0.4 is 0 Å². The topological polar surface area (TPSA) is 0 Å². The van der Waals surface area contributed by atoms with Crippen LogP contribution >= 0.6 is 11.6 Å². The third-order valence-electron chi connectivity index (χ3n) is 1.08. The molecule has 1 unspecified atom stereocenters. The Morgan fingerprint density at radius 3 is 2.14 bits per heavy atom. The van der Waals surface area contributed by atoms with Crippen molar-refractivity contribution in [2.45, 2.75) is 26.1 Å². The van der Waals surface area contributed by atoms with E-state index in [9.17, 15) is 0 Å². The summed E-state index contributed by atoms with van der Waals surface area (Å²) >= 11 is 5.66. The molecule has 0 bridgehead atoms. The van der Waals surface area contributed by atoms with Crippen LogP contribution in [0, 0.1) is 0 Å². The minimum atomic E-state index is 0.199. The minimum absolute atomic E-state index is 0.199. The van der Waals surface area contributed by atoms with Gasteiger partial charge >= 0.3 is 0 Å². The molecule has 0 aromatic carbocycles. The summed E-state index contributed by atoms with van der Waals surface area (Å²) in [5.74, 6) is 0. The van der Waals surface area contributed by atoms with E-state index in [1.165, 1.54) is 5.57 Å². The zero-order chi connectivity index (χ0) is 5.86. The lowest BCUT2D eigenvalue weighted by Gasteiger charge is -1.97. The number of alkyl halides is 1. The Labute approximate surface area is 50.2 Å². The summed E-state index contributed by atoms with van der Waals surface area (Å²) in [5.41, 5.74) is 1.24. The lowest BCUT2D eigenvalue weighted by molar-refractivity contribution is 1.10. The molecule has 0 aromatic rings.